The normalized spacial score (nSPS) is 11.8. The Morgan fingerprint density at radius 3 is 1.09 bits per heavy atom. The molecule has 0 N–H and O–H groups in total. The lowest BCUT2D eigenvalue weighted by Gasteiger charge is -2.13. The lowest BCUT2D eigenvalue weighted by atomic mass is 10.0. The van der Waals surface area contributed by atoms with E-state index in [9.17, 15) is 0 Å². The Balaban J connectivity index is 0.942. The van der Waals surface area contributed by atoms with Crippen LogP contribution in [0.4, 0.5) is 0 Å². The second kappa shape index (κ2) is 15.6. The van der Waals surface area contributed by atoms with Gasteiger partial charge < -0.3 is 13.7 Å². The van der Waals surface area contributed by atoms with E-state index < -0.39 is 0 Å². The molecule has 0 bridgehead atoms. The van der Waals surface area contributed by atoms with E-state index in [4.69, 9.17) is 15.0 Å². The average molecular weight is 881 g/mol. The van der Waals surface area contributed by atoms with Crippen molar-refractivity contribution < 1.29 is 0 Å². The Labute approximate surface area is 397 Å². The van der Waals surface area contributed by atoms with E-state index in [0.717, 1.165) is 66.9 Å². The minimum Gasteiger partial charge on any atom is -0.309 e. The number of fused-ring (bicyclic) bond motifs is 10. The summed E-state index contributed by atoms with van der Waals surface area (Å²) in [6.07, 6.45) is 0. The lowest BCUT2D eigenvalue weighted by molar-refractivity contribution is 1.07. The van der Waals surface area contributed by atoms with Crippen molar-refractivity contribution in [2.45, 2.75) is 0 Å². The van der Waals surface area contributed by atoms with E-state index in [1.165, 1.54) is 43.4 Å². The molecule has 0 aliphatic heterocycles. The summed E-state index contributed by atoms with van der Waals surface area (Å²) in [5.74, 6) is 1.82. The maximum absolute atomic E-state index is 5.27. The molecule has 14 rings (SSSR count). The van der Waals surface area contributed by atoms with E-state index in [-0.39, 0.29) is 0 Å². The van der Waals surface area contributed by atoms with E-state index in [1.54, 1.807) is 0 Å². The van der Waals surface area contributed by atoms with Gasteiger partial charge in [0.1, 0.15) is 0 Å². The Bertz CT molecular complexity index is 4220. The standard InChI is InChI=1S/C63H40N6/c1-3-16-41(17-4-1)42-30-32-43(33-31-42)61-64-62(66-63(65-61)45-18-15-21-48(40-45)67-55-26-11-7-22-49(55)50-23-8-12-27-56(50)67)44-34-36-47(37-35-44)69-58-29-14-10-25-52(58)54-39-38-53-51-24-9-13-28-57(51)68(59(53)60(54)69)46-19-5-2-6-20-46/h1-40H. The molecule has 4 heterocycles. The van der Waals surface area contributed by atoms with Gasteiger partial charge in [-0.25, -0.2) is 15.0 Å². The van der Waals surface area contributed by atoms with Gasteiger partial charge in [-0.2, -0.15) is 0 Å². The monoisotopic (exact) mass is 880 g/mol. The number of aromatic nitrogens is 6. The van der Waals surface area contributed by atoms with E-state index in [2.05, 4.69) is 250 Å². The summed E-state index contributed by atoms with van der Waals surface area (Å²) in [6.45, 7) is 0. The van der Waals surface area contributed by atoms with Crippen molar-refractivity contribution in [3.63, 3.8) is 0 Å². The van der Waals surface area contributed by atoms with Crippen molar-refractivity contribution in [1.29, 1.82) is 0 Å². The Morgan fingerprint density at radius 2 is 0.565 bits per heavy atom. The molecule has 6 heteroatoms. The quantitative estimate of drug-likeness (QED) is 0.160. The van der Waals surface area contributed by atoms with Gasteiger partial charge in [-0.3, -0.25) is 0 Å². The van der Waals surface area contributed by atoms with Gasteiger partial charge in [0, 0.05) is 66.1 Å². The average Bonchev–Trinajstić information content (AvgIpc) is 4.07. The predicted octanol–water partition coefficient (Wildman–Crippen LogP) is 15.8. The highest BCUT2D eigenvalue weighted by Gasteiger charge is 2.22. The zero-order valence-electron chi connectivity index (χ0n) is 37.3. The molecule has 322 valence electrons. The van der Waals surface area contributed by atoms with Gasteiger partial charge in [0.05, 0.1) is 33.1 Å². The number of hydrogen-bond acceptors (Lipinski definition) is 3. The van der Waals surface area contributed by atoms with Crippen molar-refractivity contribution in [2.24, 2.45) is 0 Å². The largest absolute Gasteiger partial charge is 0.309 e. The van der Waals surface area contributed by atoms with Crippen LogP contribution in [-0.2, 0) is 0 Å². The minimum absolute atomic E-state index is 0.602. The van der Waals surface area contributed by atoms with Crippen LogP contribution in [0.1, 0.15) is 0 Å². The van der Waals surface area contributed by atoms with E-state index >= 15 is 0 Å². The molecule has 0 aliphatic carbocycles. The highest BCUT2D eigenvalue weighted by atomic mass is 15.1. The predicted molar refractivity (Wildman–Crippen MR) is 285 cm³/mol. The first kappa shape index (κ1) is 38.8. The van der Waals surface area contributed by atoms with Crippen LogP contribution in [0.3, 0.4) is 0 Å². The molecule has 0 unspecified atom stereocenters. The van der Waals surface area contributed by atoms with Gasteiger partial charge in [0.2, 0.25) is 0 Å². The van der Waals surface area contributed by atoms with Crippen LogP contribution in [-0.4, -0.2) is 28.7 Å². The number of hydrogen-bond donors (Lipinski definition) is 0. The first-order chi connectivity index (χ1) is 34.2. The van der Waals surface area contributed by atoms with E-state index in [0.29, 0.717) is 17.5 Å². The Kier molecular flexibility index (Phi) is 8.79. The zero-order chi connectivity index (χ0) is 45.4. The summed E-state index contributed by atoms with van der Waals surface area (Å²) in [5, 5.41) is 7.28. The first-order valence-electron chi connectivity index (χ1n) is 23.4. The molecule has 0 spiro atoms. The van der Waals surface area contributed by atoms with Crippen molar-refractivity contribution in [2.75, 3.05) is 0 Å². The second-order valence-corrected chi connectivity index (χ2v) is 17.6. The molecule has 6 nitrogen and oxygen atoms in total. The highest BCUT2D eigenvalue weighted by Crippen LogP contribution is 2.42. The summed E-state index contributed by atoms with van der Waals surface area (Å²) in [6, 6.07) is 86.2. The third-order valence-corrected chi connectivity index (χ3v) is 13.7. The fourth-order valence-electron chi connectivity index (χ4n) is 10.6. The van der Waals surface area contributed by atoms with Crippen molar-refractivity contribution >= 4 is 65.4 Å². The van der Waals surface area contributed by atoms with Crippen LogP contribution in [0.2, 0.25) is 0 Å². The molecule has 0 saturated carbocycles. The molecule has 0 radical (unpaired) electrons. The molecule has 10 aromatic carbocycles. The third-order valence-electron chi connectivity index (χ3n) is 13.7. The summed E-state index contributed by atoms with van der Waals surface area (Å²) >= 11 is 0. The second-order valence-electron chi connectivity index (χ2n) is 17.6. The maximum Gasteiger partial charge on any atom is 0.164 e. The minimum atomic E-state index is 0.602. The molecule has 0 saturated heterocycles. The topological polar surface area (TPSA) is 53.5 Å². The van der Waals surface area contributed by atoms with Crippen LogP contribution >= 0.6 is 0 Å². The summed E-state index contributed by atoms with van der Waals surface area (Å²) in [5.41, 5.74) is 15.2. The third kappa shape index (κ3) is 6.23. The fourth-order valence-corrected chi connectivity index (χ4v) is 10.6. The van der Waals surface area contributed by atoms with Gasteiger partial charge >= 0.3 is 0 Å². The lowest BCUT2D eigenvalue weighted by Crippen LogP contribution is -2.02. The van der Waals surface area contributed by atoms with Crippen LogP contribution < -0.4 is 0 Å². The number of rotatable bonds is 7. The molecule has 0 fully saturated rings. The SMILES string of the molecule is c1ccc(-c2ccc(-c3nc(-c4ccc(-n5c6ccccc6c6ccc7c8ccccc8n(-c8ccccc8)c7c65)cc4)nc(-c4cccc(-n5c6ccccc6c6ccccc65)c4)n3)cc2)cc1. The number of nitrogens with zero attached hydrogens (tertiary/aromatic N) is 6. The van der Waals surface area contributed by atoms with Crippen LogP contribution in [0.25, 0.3) is 128 Å². The van der Waals surface area contributed by atoms with Crippen molar-refractivity contribution in [3.05, 3.63) is 243 Å². The Morgan fingerprint density at radius 1 is 0.217 bits per heavy atom. The van der Waals surface area contributed by atoms with Crippen LogP contribution in [0.5, 0.6) is 0 Å². The first-order valence-corrected chi connectivity index (χ1v) is 23.4. The molecular weight excluding hydrogens is 841 g/mol. The van der Waals surface area contributed by atoms with Gasteiger partial charge in [0.15, 0.2) is 17.5 Å². The zero-order valence-corrected chi connectivity index (χ0v) is 37.3. The molecule has 14 aromatic rings. The van der Waals surface area contributed by atoms with Gasteiger partial charge in [-0.05, 0) is 83.9 Å². The maximum atomic E-state index is 5.27. The van der Waals surface area contributed by atoms with Crippen LogP contribution in [0.15, 0.2) is 243 Å². The number of para-hydroxylation sites is 5. The Hall–Kier alpha value is -9.39. The smallest absolute Gasteiger partial charge is 0.164 e. The highest BCUT2D eigenvalue weighted by molar-refractivity contribution is 6.24. The van der Waals surface area contributed by atoms with E-state index in [1.807, 2.05) is 6.07 Å². The van der Waals surface area contributed by atoms with Gasteiger partial charge in [-0.1, -0.05) is 170 Å². The van der Waals surface area contributed by atoms with Crippen molar-refractivity contribution in [1.82, 2.24) is 28.7 Å². The molecule has 0 aliphatic rings. The van der Waals surface area contributed by atoms with Gasteiger partial charge in [0.25, 0.3) is 0 Å². The molecule has 69 heavy (non-hydrogen) atoms. The van der Waals surface area contributed by atoms with Gasteiger partial charge in [-0.15, -0.1) is 0 Å². The molecule has 0 atom stereocenters. The summed E-state index contributed by atoms with van der Waals surface area (Å²) in [7, 11) is 0. The molecule has 4 aromatic heterocycles. The summed E-state index contributed by atoms with van der Waals surface area (Å²) in [4.78, 5) is 15.7. The fraction of sp³-hybridized carbons (Fsp3) is 0. The number of benzene rings is 10. The molecular formula is C63H40N6. The van der Waals surface area contributed by atoms with Crippen LogP contribution in [0, 0.1) is 0 Å². The van der Waals surface area contributed by atoms with Crippen molar-refractivity contribution in [3.8, 4) is 62.4 Å². The molecule has 0 amide bonds. The summed E-state index contributed by atoms with van der Waals surface area (Å²) < 4.78 is 7.18.